The Labute approximate surface area is 140 Å². The molecule has 4 nitrogen and oxygen atoms in total. The Bertz CT molecular complexity index is 615. The Morgan fingerprint density at radius 2 is 2.00 bits per heavy atom. The molecule has 112 valence electrons. The second-order valence-electron chi connectivity index (χ2n) is 5.27. The molecule has 0 bridgehead atoms. The molecule has 0 atom stereocenters. The second kappa shape index (κ2) is 6.50. The highest BCUT2D eigenvalue weighted by Gasteiger charge is 2.20. The van der Waals surface area contributed by atoms with E-state index in [9.17, 15) is 0 Å². The lowest BCUT2D eigenvalue weighted by Gasteiger charge is -2.11. The van der Waals surface area contributed by atoms with Gasteiger partial charge in [-0.1, -0.05) is 5.16 Å². The minimum absolute atomic E-state index is 0.359. The number of ether oxygens (including phenoxy) is 1. The van der Waals surface area contributed by atoms with Gasteiger partial charge in [0.15, 0.2) is 5.76 Å². The van der Waals surface area contributed by atoms with Crippen molar-refractivity contribution < 1.29 is 9.26 Å². The van der Waals surface area contributed by atoms with E-state index >= 15 is 0 Å². The highest BCUT2D eigenvalue weighted by atomic mass is 79.9. The zero-order valence-corrected chi connectivity index (χ0v) is 14.8. The van der Waals surface area contributed by atoms with Crippen LogP contribution in [0.3, 0.4) is 0 Å². The fraction of sp³-hybridized carbons (Fsp3) is 0.400. The summed E-state index contributed by atoms with van der Waals surface area (Å²) in [5, 5.41) is 7.35. The molecular formula is C15H16Br2N2O2. The van der Waals surface area contributed by atoms with Crippen molar-refractivity contribution in [2.45, 2.75) is 39.0 Å². The second-order valence-corrected chi connectivity index (χ2v) is 6.98. The Morgan fingerprint density at radius 1 is 1.29 bits per heavy atom. The molecule has 1 aromatic heterocycles. The van der Waals surface area contributed by atoms with Crippen molar-refractivity contribution in [1.82, 2.24) is 10.5 Å². The van der Waals surface area contributed by atoms with E-state index in [0.717, 1.165) is 26.9 Å². The summed E-state index contributed by atoms with van der Waals surface area (Å²) in [5.41, 5.74) is 2.08. The number of benzene rings is 1. The van der Waals surface area contributed by atoms with Gasteiger partial charge in [-0.25, -0.2) is 0 Å². The van der Waals surface area contributed by atoms with Crippen LogP contribution in [0.25, 0.3) is 0 Å². The molecule has 1 heterocycles. The van der Waals surface area contributed by atoms with E-state index in [1.165, 1.54) is 18.4 Å². The third-order valence-electron chi connectivity index (χ3n) is 3.27. The Kier molecular flexibility index (Phi) is 4.66. The van der Waals surface area contributed by atoms with Crippen molar-refractivity contribution in [2.24, 2.45) is 0 Å². The SMILES string of the molecule is Cc1cc(COc2c(Br)cc(CNC3CC3)cc2Br)on1. The molecule has 6 heteroatoms. The van der Waals surface area contributed by atoms with Gasteiger partial charge in [-0.2, -0.15) is 0 Å². The molecule has 21 heavy (non-hydrogen) atoms. The molecule has 0 aliphatic heterocycles. The maximum atomic E-state index is 5.81. The van der Waals surface area contributed by atoms with E-state index in [1.807, 2.05) is 13.0 Å². The molecule has 3 rings (SSSR count). The van der Waals surface area contributed by atoms with E-state index in [1.54, 1.807) is 0 Å². The predicted octanol–water partition coefficient (Wildman–Crippen LogP) is 4.34. The van der Waals surface area contributed by atoms with Crippen LogP contribution in [-0.4, -0.2) is 11.2 Å². The Hall–Kier alpha value is -0.850. The van der Waals surface area contributed by atoms with Gasteiger partial charge in [-0.05, 0) is 69.3 Å². The van der Waals surface area contributed by atoms with Crippen LogP contribution in [-0.2, 0) is 13.2 Å². The number of halogens is 2. The molecule has 1 aliphatic rings. The van der Waals surface area contributed by atoms with Crippen molar-refractivity contribution in [3.63, 3.8) is 0 Å². The van der Waals surface area contributed by atoms with Crippen LogP contribution in [0.4, 0.5) is 0 Å². The van der Waals surface area contributed by atoms with Gasteiger partial charge in [-0.15, -0.1) is 0 Å². The summed E-state index contributed by atoms with van der Waals surface area (Å²) in [7, 11) is 0. The quantitative estimate of drug-likeness (QED) is 0.762. The van der Waals surface area contributed by atoms with Crippen LogP contribution < -0.4 is 10.1 Å². The summed E-state index contributed by atoms with van der Waals surface area (Å²) in [4.78, 5) is 0. The molecule has 1 aromatic carbocycles. The number of hydrogen-bond donors (Lipinski definition) is 1. The normalized spacial score (nSPS) is 14.4. The van der Waals surface area contributed by atoms with Crippen LogP contribution in [0.2, 0.25) is 0 Å². The summed E-state index contributed by atoms with van der Waals surface area (Å²) in [6.07, 6.45) is 2.58. The summed E-state index contributed by atoms with van der Waals surface area (Å²) in [5.74, 6) is 1.49. The topological polar surface area (TPSA) is 47.3 Å². The maximum absolute atomic E-state index is 5.81. The first-order valence-electron chi connectivity index (χ1n) is 6.88. The van der Waals surface area contributed by atoms with Gasteiger partial charge >= 0.3 is 0 Å². The minimum atomic E-state index is 0.359. The third kappa shape index (κ3) is 4.08. The average Bonchev–Trinajstić information content (AvgIpc) is 3.17. The van der Waals surface area contributed by atoms with E-state index in [-0.39, 0.29) is 0 Å². The van der Waals surface area contributed by atoms with Gasteiger partial charge < -0.3 is 14.6 Å². The molecule has 2 aromatic rings. The third-order valence-corrected chi connectivity index (χ3v) is 4.44. The van der Waals surface area contributed by atoms with Gasteiger partial charge in [0.2, 0.25) is 0 Å². The van der Waals surface area contributed by atoms with Crippen LogP contribution in [0.15, 0.2) is 31.7 Å². The van der Waals surface area contributed by atoms with Gasteiger partial charge in [0.1, 0.15) is 12.4 Å². The summed E-state index contributed by atoms with van der Waals surface area (Å²) < 4.78 is 12.8. The molecule has 0 amide bonds. The molecule has 1 fully saturated rings. The lowest BCUT2D eigenvalue weighted by atomic mass is 10.2. The number of nitrogens with one attached hydrogen (secondary N) is 1. The number of rotatable bonds is 6. The van der Waals surface area contributed by atoms with Gasteiger partial charge in [0, 0.05) is 18.7 Å². The smallest absolute Gasteiger partial charge is 0.174 e. The zero-order chi connectivity index (χ0) is 14.8. The largest absolute Gasteiger partial charge is 0.483 e. The first kappa shape index (κ1) is 15.1. The fourth-order valence-corrected chi connectivity index (χ4v) is 3.54. The number of aromatic nitrogens is 1. The van der Waals surface area contributed by atoms with E-state index in [2.05, 4.69) is 54.5 Å². The first-order chi connectivity index (χ1) is 10.1. The molecule has 1 aliphatic carbocycles. The summed E-state index contributed by atoms with van der Waals surface area (Å²) in [6, 6.07) is 6.74. The monoisotopic (exact) mass is 414 g/mol. The fourth-order valence-electron chi connectivity index (χ4n) is 2.03. The number of nitrogens with zero attached hydrogens (tertiary/aromatic N) is 1. The van der Waals surface area contributed by atoms with E-state index in [0.29, 0.717) is 18.4 Å². The standard InChI is InChI=1S/C15H16Br2N2O2/c1-9-4-12(21-19-9)8-20-15-13(16)5-10(6-14(15)17)7-18-11-2-3-11/h4-6,11,18H,2-3,7-8H2,1H3. The van der Waals surface area contributed by atoms with Crippen molar-refractivity contribution in [2.75, 3.05) is 0 Å². The van der Waals surface area contributed by atoms with Crippen molar-refractivity contribution in [3.8, 4) is 5.75 Å². The molecule has 0 unspecified atom stereocenters. The Balaban J connectivity index is 1.66. The lowest BCUT2D eigenvalue weighted by Crippen LogP contribution is -2.15. The van der Waals surface area contributed by atoms with Crippen molar-refractivity contribution in [3.05, 3.63) is 44.2 Å². The Morgan fingerprint density at radius 3 is 2.57 bits per heavy atom. The molecule has 1 N–H and O–H groups in total. The molecule has 1 saturated carbocycles. The van der Waals surface area contributed by atoms with Crippen LogP contribution in [0.1, 0.15) is 29.9 Å². The van der Waals surface area contributed by atoms with Crippen molar-refractivity contribution in [1.29, 1.82) is 0 Å². The van der Waals surface area contributed by atoms with Crippen LogP contribution >= 0.6 is 31.9 Å². The van der Waals surface area contributed by atoms with E-state index < -0.39 is 0 Å². The maximum Gasteiger partial charge on any atom is 0.174 e. The van der Waals surface area contributed by atoms with Crippen LogP contribution in [0, 0.1) is 6.92 Å². The average molecular weight is 416 g/mol. The molecule has 0 radical (unpaired) electrons. The summed E-state index contributed by atoms with van der Waals surface area (Å²) in [6.45, 7) is 3.13. The molecule has 0 saturated heterocycles. The number of aryl methyl sites for hydroxylation is 1. The molecule has 0 spiro atoms. The first-order valence-corrected chi connectivity index (χ1v) is 8.46. The lowest BCUT2D eigenvalue weighted by molar-refractivity contribution is 0.246. The highest BCUT2D eigenvalue weighted by Crippen LogP contribution is 2.35. The van der Waals surface area contributed by atoms with E-state index in [4.69, 9.17) is 9.26 Å². The predicted molar refractivity (Wildman–Crippen MR) is 87.3 cm³/mol. The van der Waals surface area contributed by atoms with Crippen LogP contribution in [0.5, 0.6) is 5.75 Å². The highest BCUT2D eigenvalue weighted by molar-refractivity contribution is 9.11. The van der Waals surface area contributed by atoms with Crippen molar-refractivity contribution >= 4 is 31.9 Å². The number of hydrogen-bond acceptors (Lipinski definition) is 4. The minimum Gasteiger partial charge on any atom is -0.483 e. The van der Waals surface area contributed by atoms with Gasteiger partial charge in [0.05, 0.1) is 14.6 Å². The van der Waals surface area contributed by atoms with Gasteiger partial charge in [-0.3, -0.25) is 0 Å². The summed E-state index contributed by atoms with van der Waals surface area (Å²) >= 11 is 7.14. The van der Waals surface area contributed by atoms with Gasteiger partial charge in [0.25, 0.3) is 0 Å². The molecular weight excluding hydrogens is 400 g/mol. The zero-order valence-electron chi connectivity index (χ0n) is 11.7.